The number of hydrazine groups is 2. The summed E-state index contributed by atoms with van der Waals surface area (Å²) >= 11 is 0. The van der Waals surface area contributed by atoms with Gasteiger partial charge in [0.2, 0.25) is 6.41 Å². The Morgan fingerprint density at radius 1 is 1.38 bits per heavy atom. The second kappa shape index (κ2) is 4.05. The number of benzene rings is 1. The molecule has 6 heteroatoms. The minimum absolute atomic E-state index is 0.246. The Hall–Kier alpha value is -2.11. The lowest BCUT2D eigenvalue weighted by molar-refractivity contribution is -0.501. The van der Waals surface area contributed by atoms with Gasteiger partial charge < -0.3 is 0 Å². The number of amides is 1. The second-order valence-corrected chi connectivity index (χ2v) is 2.13. The Morgan fingerprint density at radius 2 is 2.00 bits per heavy atom. The fourth-order valence-corrected chi connectivity index (χ4v) is 0.835. The Labute approximate surface area is 73.9 Å². The van der Waals surface area contributed by atoms with E-state index >= 15 is 0 Å². The maximum Gasteiger partial charge on any atom is 0.230 e. The number of nitro groups is 1. The smallest absolute Gasteiger partial charge is 0.230 e. The van der Waals surface area contributed by atoms with Gasteiger partial charge in [-0.05, 0) is 12.1 Å². The molecule has 0 unspecified atom stereocenters. The first kappa shape index (κ1) is 8.98. The van der Waals surface area contributed by atoms with Crippen LogP contribution in [-0.2, 0) is 4.79 Å². The van der Waals surface area contributed by atoms with Gasteiger partial charge in [-0.15, -0.1) is 0 Å². The zero-order valence-electron chi connectivity index (χ0n) is 6.58. The van der Waals surface area contributed by atoms with Crippen LogP contribution in [0, 0.1) is 10.1 Å². The average Bonchev–Trinajstić information content (AvgIpc) is 2.15. The topological polar surface area (TPSA) is 75.5 Å². The van der Waals surface area contributed by atoms with Gasteiger partial charge in [0, 0.05) is 5.12 Å². The first-order valence-corrected chi connectivity index (χ1v) is 3.45. The van der Waals surface area contributed by atoms with Crippen LogP contribution in [0.1, 0.15) is 0 Å². The van der Waals surface area contributed by atoms with E-state index in [2.05, 4.69) is 0 Å². The summed E-state index contributed by atoms with van der Waals surface area (Å²) in [6.45, 7) is 0. The molecule has 0 aromatic heterocycles. The summed E-state index contributed by atoms with van der Waals surface area (Å²) in [5.41, 5.74) is 2.24. The summed E-state index contributed by atoms with van der Waals surface area (Å²) in [4.78, 5) is 20.4. The van der Waals surface area contributed by atoms with Crippen molar-refractivity contribution in [3.05, 3.63) is 40.4 Å². The van der Waals surface area contributed by atoms with Crippen LogP contribution in [0.15, 0.2) is 30.3 Å². The van der Waals surface area contributed by atoms with Crippen LogP contribution in [0.5, 0.6) is 0 Å². The molecule has 68 valence electrons. The van der Waals surface area contributed by atoms with Crippen molar-refractivity contribution in [2.45, 2.75) is 0 Å². The average molecular weight is 181 g/mol. The third kappa shape index (κ3) is 2.16. The third-order valence-corrected chi connectivity index (χ3v) is 1.34. The number of nitrogens with one attached hydrogen (secondary N) is 1. The van der Waals surface area contributed by atoms with Crippen LogP contribution in [0.25, 0.3) is 0 Å². The van der Waals surface area contributed by atoms with E-state index in [0.29, 0.717) is 10.8 Å². The van der Waals surface area contributed by atoms with Crippen LogP contribution >= 0.6 is 0 Å². The quantitative estimate of drug-likeness (QED) is 0.413. The Kier molecular flexibility index (Phi) is 2.80. The molecule has 1 aromatic carbocycles. The predicted octanol–water partition coefficient (Wildman–Crippen LogP) is 0.346. The predicted molar refractivity (Wildman–Crippen MR) is 45.1 cm³/mol. The van der Waals surface area contributed by atoms with Gasteiger partial charge >= 0.3 is 0 Å². The Bertz CT molecular complexity index is 301. The summed E-state index contributed by atoms with van der Waals surface area (Å²) in [5.74, 6) is 0. The van der Waals surface area contributed by atoms with Crippen LogP contribution in [0.2, 0.25) is 0 Å². The van der Waals surface area contributed by atoms with E-state index in [4.69, 9.17) is 0 Å². The molecule has 13 heavy (non-hydrogen) atoms. The van der Waals surface area contributed by atoms with E-state index in [1.54, 1.807) is 18.2 Å². The fraction of sp³-hybridized carbons (Fsp3) is 0. The number of rotatable bonds is 4. The lowest BCUT2D eigenvalue weighted by Gasteiger charge is -2.10. The molecule has 1 rings (SSSR count). The monoisotopic (exact) mass is 181 g/mol. The Morgan fingerprint density at radius 3 is 2.46 bits per heavy atom. The molecule has 0 saturated heterocycles. The number of para-hydroxylation sites is 1. The van der Waals surface area contributed by atoms with Crippen molar-refractivity contribution >= 4 is 12.1 Å². The van der Waals surface area contributed by atoms with Crippen molar-refractivity contribution in [2.24, 2.45) is 0 Å². The molecule has 0 bridgehead atoms. The van der Waals surface area contributed by atoms with Gasteiger partial charge in [-0.2, -0.15) is 0 Å². The van der Waals surface area contributed by atoms with Crippen molar-refractivity contribution in [3.63, 3.8) is 0 Å². The molecular weight excluding hydrogens is 174 g/mol. The van der Waals surface area contributed by atoms with Gasteiger partial charge in [-0.3, -0.25) is 4.79 Å². The highest BCUT2D eigenvalue weighted by Gasteiger charge is 2.14. The number of hydrogen-bond acceptors (Lipinski definition) is 3. The van der Waals surface area contributed by atoms with Crippen molar-refractivity contribution in [1.82, 2.24) is 5.43 Å². The van der Waals surface area contributed by atoms with Gasteiger partial charge in [-0.1, -0.05) is 18.2 Å². The zero-order valence-corrected chi connectivity index (χ0v) is 6.58. The normalized spacial score (nSPS) is 8.92. The largest absolute Gasteiger partial charge is 0.277 e. The fourth-order valence-electron chi connectivity index (χ4n) is 0.835. The molecule has 0 atom stereocenters. The minimum Gasteiger partial charge on any atom is -0.277 e. The van der Waals surface area contributed by atoms with Crippen LogP contribution in [0.3, 0.4) is 0 Å². The first-order valence-electron chi connectivity index (χ1n) is 3.45. The molecule has 0 saturated carbocycles. The van der Waals surface area contributed by atoms with E-state index in [1.807, 2.05) is 5.43 Å². The SMILES string of the molecule is O=CNN(c1ccccc1)[N+](=O)[O-]. The highest BCUT2D eigenvalue weighted by Crippen LogP contribution is 2.09. The first-order chi connectivity index (χ1) is 6.25. The minimum atomic E-state index is -0.719. The molecule has 6 nitrogen and oxygen atoms in total. The van der Waals surface area contributed by atoms with Gasteiger partial charge in [0.1, 0.15) is 5.69 Å². The molecule has 0 aliphatic heterocycles. The summed E-state index contributed by atoms with van der Waals surface area (Å²) in [5, 5.41) is 10.2. The van der Waals surface area contributed by atoms with Crippen molar-refractivity contribution in [1.29, 1.82) is 0 Å². The zero-order chi connectivity index (χ0) is 9.68. The Balaban J connectivity index is 2.88. The van der Waals surface area contributed by atoms with Crippen molar-refractivity contribution < 1.29 is 9.83 Å². The van der Waals surface area contributed by atoms with Crippen LogP contribution in [-0.4, -0.2) is 11.4 Å². The standard InChI is InChI=1S/C7H7N3O3/c11-6-8-9(10(12)13)7-4-2-1-3-5-7/h1-6H,(H,8,11). The molecule has 1 amide bonds. The summed E-state index contributed by atoms with van der Waals surface area (Å²) in [6.07, 6.45) is 0.246. The van der Waals surface area contributed by atoms with Gasteiger partial charge in [0.25, 0.3) is 0 Å². The van der Waals surface area contributed by atoms with E-state index in [9.17, 15) is 14.9 Å². The van der Waals surface area contributed by atoms with E-state index < -0.39 is 5.03 Å². The molecule has 0 aliphatic carbocycles. The summed E-state index contributed by atoms with van der Waals surface area (Å²) in [7, 11) is 0. The van der Waals surface area contributed by atoms with Gasteiger partial charge in [-0.25, -0.2) is 15.5 Å². The van der Waals surface area contributed by atoms with Crippen molar-refractivity contribution in [3.8, 4) is 0 Å². The summed E-state index contributed by atoms with van der Waals surface area (Å²) < 4.78 is 0. The number of carbonyl (C=O) groups is 1. The lowest BCUT2D eigenvalue weighted by atomic mass is 10.3. The number of carbonyl (C=O) groups excluding carboxylic acids is 1. The van der Waals surface area contributed by atoms with E-state index in [-0.39, 0.29) is 6.41 Å². The van der Waals surface area contributed by atoms with E-state index in [1.165, 1.54) is 12.1 Å². The lowest BCUT2D eigenvalue weighted by Crippen LogP contribution is -2.41. The highest BCUT2D eigenvalue weighted by molar-refractivity contribution is 5.52. The number of anilines is 1. The van der Waals surface area contributed by atoms with E-state index in [0.717, 1.165) is 0 Å². The van der Waals surface area contributed by atoms with Gasteiger partial charge in [0.05, 0.1) is 0 Å². The molecule has 0 heterocycles. The third-order valence-electron chi connectivity index (χ3n) is 1.34. The number of nitrogens with zero attached hydrogens (tertiary/aromatic N) is 2. The number of hydrogen-bond donors (Lipinski definition) is 1. The van der Waals surface area contributed by atoms with Gasteiger partial charge in [0.15, 0.2) is 5.03 Å². The molecule has 0 fully saturated rings. The molecule has 0 aliphatic rings. The van der Waals surface area contributed by atoms with Crippen molar-refractivity contribution in [2.75, 3.05) is 5.12 Å². The highest BCUT2D eigenvalue weighted by atomic mass is 16.7. The van der Waals surface area contributed by atoms with Crippen LogP contribution in [0.4, 0.5) is 5.69 Å². The maximum absolute atomic E-state index is 10.4. The molecule has 0 spiro atoms. The molecule has 1 N–H and O–H groups in total. The summed E-state index contributed by atoms with van der Waals surface area (Å²) in [6, 6.07) is 8.03. The van der Waals surface area contributed by atoms with Crippen LogP contribution < -0.4 is 10.5 Å². The molecular formula is C7H7N3O3. The second-order valence-electron chi connectivity index (χ2n) is 2.13. The molecule has 0 radical (unpaired) electrons. The maximum atomic E-state index is 10.4. The molecule has 1 aromatic rings.